The van der Waals surface area contributed by atoms with Crippen molar-refractivity contribution >= 4 is 17.7 Å². The quantitative estimate of drug-likeness (QED) is 0.773. The summed E-state index contributed by atoms with van der Waals surface area (Å²) in [4.78, 5) is 22.7. The predicted molar refractivity (Wildman–Crippen MR) is 87.9 cm³/mol. The van der Waals surface area contributed by atoms with Crippen LogP contribution in [0.25, 0.3) is 0 Å². The highest BCUT2D eigenvalue weighted by atomic mass is 32.2. The number of hydrogen-bond acceptors (Lipinski definition) is 7. The molecule has 0 aromatic carbocycles. The number of hydrogen-bond donors (Lipinski definition) is 0. The van der Waals surface area contributed by atoms with E-state index in [9.17, 15) is 4.79 Å². The molecule has 128 valence electrons. The van der Waals surface area contributed by atoms with Crippen molar-refractivity contribution in [3.05, 3.63) is 11.9 Å². The van der Waals surface area contributed by atoms with E-state index >= 15 is 0 Å². The minimum Gasteiger partial charge on any atom is -0.481 e. The number of nitrogens with zero attached hydrogens (tertiary/aromatic N) is 3. The number of methoxy groups -OCH3 is 2. The largest absolute Gasteiger partial charge is 0.481 e. The van der Waals surface area contributed by atoms with Crippen molar-refractivity contribution in [2.45, 2.75) is 31.8 Å². The molecule has 2 rings (SSSR count). The fourth-order valence-corrected chi connectivity index (χ4v) is 3.20. The van der Waals surface area contributed by atoms with Gasteiger partial charge in [0.05, 0.1) is 44.0 Å². The molecule has 1 aromatic rings. The van der Waals surface area contributed by atoms with Crippen molar-refractivity contribution in [3.63, 3.8) is 0 Å². The van der Waals surface area contributed by atoms with Gasteiger partial charge in [-0.2, -0.15) is 9.97 Å². The molecule has 0 bridgehead atoms. The third-order valence-corrected chi connectivity index (χ3v) is 4.29. The number of carbonyl (C=O) groups excluding carboxylic acids is 1. The molecule has 0 N–H and O–H groups in total. The van der Waals surface area contributed by atoms with Gasteiger partial charge in [-0.3, -0.25) is 4.79 Å². The molecule has 23 heavy (non-hydrogen) atoms. The van der Waals surface area contributed by atoms with Crippen molar-refractivity contribution in [1.29, 1.82) is 0 Å². The molecular formula is C15H23N3O4S. The lowest BCUT2D eigenvalue weighted by Gasteiger charge is -2.35. The lowest BCUT2D eigenvalue weighted by Crippen LogP contribution is -2.48. The Morgan fingerprint density at radius 3 is 2.35 bits per heavy atom. The van der Waals surface area contributed by atoms with Gasteiger partial charge >= 0.3 is 0 Å². The number of amides is 1. The average Bonchev–Trinajstić information content (AvgIpc) is 2.53. The number of aromatic nitrogens is 2. The highest BCUT2D eigenvalue weighted by Gasteiger charge is 2.25. The number of thioether (sulfide) groups is 1. The van der Waals surface area contributed by atoms with E-state index in [1.807, 2.05) is 18.7 Å². The molecule has 0 aliphatic carbocycles. The normalized spacial score (nSPS) is 21.1. The third-order valence-electron chi connectivity index (χ3n) is 3.37. The molecule has 7 nitrogen and oxygen atoms in total. The third kappa shape index (κ3) is 5.24. The van der Waals surface area contributed by atoms with Gasteiger partial charge in [0.25, 0.3) is 0 Å². The molecule has 0 saturated carbocycles. The Morgan fingerprint density at radius 1 is 1.26 bits per heavy atom. The van der Waals surface area contributed by atoms with Crippen molar-refractivity contribution in [2.75, 3.05) is 33.1 Å². The number of carbonyl (C=O) groups is 1. The summed E-state index contributed by atoms with van der Waals surface area (Å²) in [5.74, 6) is 2.52. The van der Waals surface area contributed by atoms with Gasteiger partial charge < -0.3 is 19.1 Å². The second kappa shape index (κ2) is 8.35. The molecule has 0 unspecified atom stereocenters. The monoisotopic (exact) mass is 341 g/mol. The molecule has 8 heteroatoms. The maximum Gasteiger partial charge on any atom is 0.232 e. The van der Waals surface area contributed by atoms with Gasteiger partial charge in [0.1, 0.15) is 5.82 Å². The molecule has 1 aromatic heterocycles. The smallest absolute Gasteiger partial charge is 0.232 e. The van der Waals surface area contributed by atoms with Crippen LogP contribution in [0.15, 0.2) is 6.07 Å². The van der Waals surface area contributed by atoms with E-state index in [4.69, 9.17) is 14.2 Å². The Morgan fingerprint density at radius 2 is 1.83 bits per heavy atom. The van der Waals surface area contributed by atoms with Gasteiger partial charge in [0, 0.05) is 13.1 Å². The lowest BCUT2D eigenvalue weighted by atomic mass is 10.2. The van der Waals surface area contributed by atoms with Crippen LogP contribution in [-0.4, -0.2) is 66.0 Å². The van der Waals surface area contributed by atoms with Crippen LogP contribution in [-0.2, 0) is 15.3 Å². The summed E-state index contributed by atoms with van der Waals surface area (Å²) in [5, 5.41) is 0. The highest BCUT2D eigenvalue weighted by Crippen LogP contribution is 2.19. The first-order chi connectivity index (χ1) is 11.0. The Balaban J connectivity index is 1.85. The van der Waals surface area contributed by atoms with Crippen LogP contribution in [0, 0.1) is 0 Å². The van der Waals surface area contributed by atoms with E-state index in [0.29, 0.717) is 42.2 Å². The van der Waals surface area contributed by atoms with Crippen molar-refractivity contribution < 1.29 is 19.0 Å². The van der Waals surface area contributed by atoms with Crippen LogP contribution in [0.4, 0.5) is 0 Å². The maximum absolute atomic E-state index is 12.3. The van der Waals surface area contributed by atoms with Crippen LogP contribution in [0.3, 0.4) is 0 Å². The first-order valence-corrected chi connectivity index (χ1v) is 8.64. The lowest BCUT2D eigenvalue weighted by molar-refractivity contribution is -0.140. The highest BCUT2D eigenvalue weighted by molar-refractivity contribution is 7.99. The standard InChI is InChI=1S/C15H23N3O4S/c1-10-6-18(7-11(2)22-10)15(19)9-23-8-12-16-13(20-3)5-14(17-12)21-4/h5,10-11H,6-9H2,1-4H3/t10-,11-/m1/s1. The summed E-state index contributed by atoms with van der Waals surface area (Å²) in [5.41, 5.74) is 0. The van der Waals surface area contributed by atoms with E-state index in [1.54, 1.807) is 20.3 Å². The minimum atomic E-state index is 0.0821. The number of rotatable bonds is 6. The molecule has 0 radical (unpaired) electrons. The Kier molecular flexibility index (Phi) is 6.47. The van der Waals surface area contributed by atoms with Gasteiger partial charge in [0.2, 0.25) is 17.7 Å². The predicted octanol–water partition coefficient (Wildman–Crippen LogP) is 1.36. The molecular weight excluding hydrogens is 318 g/mol. The van der Waals surface area contributed by atoms with Gasteiger partial charge in [0.15, 0.2) is 0 Å². The van der Waals surface area contributed by atoms with Gasteiger partial charge in [-0.1, -0.05) is 0 Å². The molecule has 2 heterocycles. The van der Waals surface area contributed by atoms with Crippen LogP contribution >= 0.6 is 11.8 Å². The second-order valence-electron chi connectivity index (χ2n) is 5.42. The molecule has 1 fully saturated rings. The van der Waals surface area contributed by atoms with Crippen molar-refractivity contribution in [1.82, 2.24) is 14.9 Å². The Bertz CT molecular complexity index is 511. The average molecular weight is 341 g/mol. The zero-order valence-electron chi connectivity index (χ0n) is 13.9. The zero-order chi connectivity index (χ0) is 16.8. The van der Waals surface area contributed by atoms with Crippen molar-refractivity contribution in [3.8, 4) is 11.8 Å². The Labute approximate surface area is 140 Å². The zero-order valence-corrected chi connectivity index (χ0v) is 14.8. The van der Waals surface area contributed by atoms with E-state index < -0.39 is 0 Å². The van der Waals surface area contributed by atoms with Gasteiger partial charge in [-0.05, 0) is 13.8 Å². The summed E-state index contributed by atoms with van der Waals surface area (Å²) < 4.78 is 15.9. The number of morpholine rings is 1. The maximum atomic E-state index is 12.3. The first kappa shape index (κ1) is 17.8. The topological polar surface area (TPSA) is 73.8 Å². The van der Waals surface area contributed by atoms with Gasteiger partial charge in [-0.15, -0.1) is 11.8 Å². The second-order valence-corrected chi connectivity index (χ2v) is 6.40. The first-order valence-electron chi connectivity index (χ1n) is 7.48. The fraction of sp³-hybridized carbons (Fsp3) is 0.667. The van der Waals surface area contributed by atoms with E-state index in [0.717, 1.165) is 0 Å². The number of ether oxygens (including phenoxy) is 3. The summed E-state index contributed by atoms with van der Waals surface area (Å²) in [6, 6.07) is 1.62. The molecule has 1 aliphatic heterocycles. The molecule has 1 amide bonds. The van der Waals surface area contributed by atoms with Crippen LogP contribution < -0.4 is 9.47 Å². The molecule has 2 atom stereocenters. The SMILES string of the molecule is COc1cc(OC)nc(CSCC(=O)N2C[C@@H](C)O[C@H](C)C2)n1. The van der Waals surface area contributed by atoms with Crippen molar-refractivity contribution in [2.24, 2.45) is 0 Å². The summed E-state index contributed by atoms with van der Waals surface area (Å²) in [6.45, 7) is 5.26. The molecule has 1 saturated heterocycles. The van der Waals surface area contributed by atoms with Crippen LogP contribution in [0.5, 0.6) is 11.8 Å². The van der Waals surface area contributed by atoms with Gasteiger partial charge in [-0.25, -0.2) is 0 Å². The molecule has 1 aliphatic rings. The summed E-state index contributed by atoms with van der Waals surface area (Å²) in [7, 11) is 3.09. The minimum absolute atomic E-state index is 0.0821. The van der Waals surface area contributed by atoms with Crippen LogP contribution in [0.1, 0.15) is 19.7 Å². The van der Waals surface area contributed by atoms with E-state index in [1.165, 1.54) is 11.8 Å². The fourth-order valence-electron chi connectivity index (χ4n) is 2.43. The Hall–Kier alpha value is -1.54. The summed E-state index contributed by atoms with van der Waals surface area (Å²) in [6.07, 6.45) is 0.164. The summed E-state index contributed by atoms with van der Waals surface area (Å²) >= 11 is 1.48. The molecule has 0 spiro atoms. The van der Waals surface area contributed by atoms with E-state index in [2.05, 4.69) is 9.97 Å². The van der Waals surface area contributed by atoms with Crippen LogP contribution in [0.2, 0.25) is 0 Å². The van der Waals surface area contributed by atoms with E-state index in [-0.39, 0.29) is 18.1 Å².